The Morgan fingerprint density at radius 3 is 2.67 bits per heavy atom. The van der Waals surface area contributed by atoms with Gasteiger partial charge < -0.3 is 14.3 Å². The van der Waals surface area contributed by atoms with Crippen LogP contribution in [0.2, 0.25) is 5.02 Å². The molecule has 1 aliphatic heterocycles. The van der Waals surface area contributed by atoms with E-state index >= 15 is 0 Å². The standard InChI is InChI=1S/C20H23Cl3N4O3/c1-2-10-26(20(29)17(22)23)12-16(28)27-11-4-3-5-15(27)19-24-18(25-30-19)13-6-8-14(21)9-7-13/h6-9,15,17H,2-5,10-12H2,1H3. The SMILES string of the molecule is CCCN(CC(=O)N1CCCCC1c1nc(-c2ccc(Cl)cc2)no1)C(=O)C(Cl)Cl. The molecule has 0 N–H and O–H groups in total. The van der Waals surface area contributed by atoms with Gasteiger partial charge in [-0.2, -0.15) is 4.98 Å². The van der Waals surface area contributed by atoms with Gasteiger partial charge >= 0.3 is 0 Å². The van der Waals surface area contributed by atoms with Crippen LogP contribution < -0.4 is 0 Å². The van der Waals surface area contributed by atoms with Gasteiger partial charge in [0.15, 0.2) is 4.84 Å². The molecular weight excluding hydrogens is 451 g/mol. The van der Waals surface area contributed by atoms with Crippen molar-refractivity contribution in [2.45, 2.75) is 43.5 Å². The lowest BCUT2D eigenvalue weighted by Gasteiger charge is -2.35. The number of hydrogen-bond donors (Lipinski definition) is 0. The minimum atomic E-state index is -1.20. The number of piperidine rings is 1. The summed E-state index contributed by atoms with van der Waals surface area (Å²) in [5, 5.41) is 4.68. The monoisotopic (exact) mass is 472 g/mol. The topological polar surface area (TPSA) is 79.5 Å². The van der Waals surface area contributed by atoms with Crippen molar-refractivity contribution in [1.29, 1.82) is 0 Å². The highest BCUT2D eigenvalue weighted by Gasteiger charge is 2.34. The lowest BCUT2D eigenvalue weighted by atomic mass is 10.0. The third-order valence-corrected chi connectivity index (χ3v) is 5.60. The van der Waals surface area contributed by atoms with Crippen molar-refractivity contribution >= 4 is 46.6 Å². The Labute approximate surface area is 190 Å². The van der Waals surface area contributed by atoms with E-state index < -0.39 is 10.7 Å². The van der Waals surface area contributed by atoms with Crippen LogP contribution in [-0.4, -0.2) is 56.2 Å². The molecule has 1 aromatic heterocycles. The summed E-state index contributed by atoms with van der Waals surface area (Å²) in [5.74, 6) is 0.162. The van der Waals surface area contributed by atoms with Gasteiger partial charge in [0.2, 0.25) is 17.6 Å². The first-order chi connectivity index (χ1) is 14.4. The van der Waals surface area contributed by atoms with Crippen molar-refractivity contribution < 1.29 is 14.1 Å². The third kappa shape index (κ3) is 5.45. The van der Waals surface area contributed by atoms with Crippen LogP contribution in [0.4, 0.5) is 0 Å². The Bertz CT molecular complexity index is 872. The highest BCUT2D eigenvalue weighted by Crippen LogP contribution is 2.31. The van der Waals surface area contributed by atoms with Crippen molar-refractivity contribution in [3.05, 3.63) is 35.2 Å². The van der Waals surface area contributed by atoms with E-state index in [1.165, 1.54) is 4.90 Å². The summed E-state index contributed by atoms with van der Waals surface area (Å²) >= 11 is 17.4. The van der Waals surface area contributed by atoms with Gasteiger partial charge in [-0.1, -0.05) is 46.9 Å². The fourth-order valence-electron chi connectivity index (χ4n) is 3.50. The summed E-state index contributed by atoms with van der Waals surface area (Å²) in [6.07, 6.45) is 3.21. The van der Waals surface area contributed by atoms with Crippen molar-refractivity contribution in [3.63, 3.8) is 0 Å². The number of amides is 2. The molecule has 0 spiro atoms. The molecular formula is C20H23Cl3N4O3. The van der Waals surface area contributed by atoms with Gasteiger partial charge in [-0.3, -0.25) is 9.59 Å². The molecule has 0 radical (unpaired) electrons. The predicted octanol–water partition coefficient (Wildman–Crippen LogP) is 4.49. The zero-order valence-corrected chi connectivity index (χ0v) is 18.8. The highest BCUT2D eigenvalue weighted by molar-refractivity contribution is 6.53. The molecule has 3 rings (SSSR count). The zero-order chi connectivity index (χ0) is 21.7. The Hall–Kier alpha value is -1.83. The molecule has 10 heteroatoms. The van der Waals surface area contributed by atoms with E-state index in [1.54, 1.807) is 17.0 Å². The number of nitrogens with zero attached hydrogens (tertiary/aromatic N) is 4. The number of aromatic nitrogens is 2. The van der Waals surface area contributed by atoms with Crippen LogP contribution in [0.15, 0.2) is 28.8 Å². The van der Waals surface area contributed by atoms with Crippen LogP contribution in [0.3, 0.4) is 0 Å². The summed E-state index contributed by atoms with van der Waals surface area (Å²) in [7, 11) is 0. The van der Waals surface area contributed by atoms with Gasteiger partial charge in [0.05, 0.1) is 6.54 Å². The molecule has 1 aliphatic rings. The molecule has 0 bridgehead atoms. The van der Waals surface area contributed by atoms with Crippen LogP contribution in [0.25, 0.3) is 11.4 Å². The molecule has 162 valence electrons. The van der Waals surface area contributed by atoms with Gasteiger partial charge in [0.25, 0.3) is 5.91 Å². The first kappa shape index (κ1) is 22.8. The van der Waals surface area contributed by atoms with E-state index in [2.05, 4.69) is 10.1 Å². The molecule has 2 aromatic rings. The van der Waals surface area contributed by atoms with Gasteiger partial charge in [0, 0.05) is 23.7 Å². The fourth-order valence-corrected chi connectivity index (χ4v) is 3.90. The van der Waals surface area contributed by atoms with Crippen LogP contribution >= 0.6 is 34.8 Å². The lowest BCUT2D eigenvalue weighted by Crippen LogP contribution is -2.47. The Morgan fingerprint density at radius 2 is 2.00 bits per heavy atom. The molecule has 1 fully saturated rings. The summed E-state index contributed by atoms with van der Waals surface area (Å²) in [6, 6.07) is 6.79. The largest absolute Gasteiger partial charge is 0.337 e. The summed E-state index contributed by atoms with van der Waals surface area (Å²) < 4.78 is 5.50. The zero-order valence-electron chi connectivity index (χ0n) is 16.6. The van der Waals surface area contributed by atoms with Crippen molar-refractivity contribution in [1.82, 2.24) is 19.9 Å². The molecule has 1 atom stereocenters. The number of carbonyl (C=O) groups is 2. The molecule has 2 amide bonds. The summed E-state index contributed by atoms with van der Waals surface area (Å²) in [4.78, 5) is 31.7. The number of alkyl halides is 2. The average molecular weight is 474 g/mol. The summed E-state index contributed by atoms with van der Waals surface area (Å²) in [5.41, 5.74) is 0.776. The smallest absolute Gasteiger partial charge is 0.256 e. The van der Waals surface area contributed by atoms with E-state index in [0.29, 0.717) is 42.7 Å². The minimum absolute atomic E-state index is 0.0860. The third-order valence-electron chi connectivity index (χ3n) is 4.97. The van der Waals surface area contributed by atoms with Crippen molar-refractivity contribution in [3.8, 4) is 11.4 Å². The normalized spacial score (nSPS) is 16.7. The molecule has 30 heavy (non-hydrogen) atoms. The molecule has 0 saturated carbocycles. The van der Waals surface area contributed by atoms with E-state index in [-0.39, 0.29) is 18.5 Å². The maximum atomic E-state index is 13.0. The quantitative estimate of drug-likeness (QED) is 0.554. The minimum Gasteiger partial charge on any atom is -0.337 e. The number of hydrogen-bond acceptors (Lipinski definition) is 5. The molecule has 7 nitrogen and oxygen atoms in total. The first-order valence-corrected chi connectivity index (χ1v) is 11.1. The van der Waals surface area contributed by atoms with Crippen LogP contribution in [0.1, 0.15) is 44.5 Å². The van der Waals surface area contributed by atoms with E-state index in [1.807, 2.05) is 19.1 Å². The molecule has 1 aromatic carbocycles. The number of carbonyl (C=O) groups excluding carboxylic acids is 2. The molecule has 1 unspecified atom stereocenters. The second kappa shape index (κ2) is 10.5. The van der Waals surface area contributed by atoms with Gasteiger partial charge in [0.1, 0.15) is 6.04 Å². The Morgan fingerprint density at radius 1 is 1.27 bits per heavy atom. The maximum Gasteiger partial charge on any atom is 0.256 e. The average Bonchev–Trinajstić information content (AvgIpc) is 3.23. The Kier molecular flexibility index (Phi) is 7.97. The van der Waals surface area contributed by atoms with Crippen LogP contribution in [0.5, 0.6) is 0 Å². The molecule has 1 saturated heterocycles. The first-order valence-electron chi connectivity index (χ1n) is 9.86. The molecule has 0 aliphatic carbocycles. The second-order valence-electron chi connectivity index (χ2n) is 7.12. The number of halogens is 3. The highest BCUT2D eigenvalue weighted by atomic mass is 35.5. The Balaban J connectivity index is 1.77. The van der Waals surface area contributed by atoms with Gasteiger partial charge in [-0.25, -0.2) is 0 Å². The lowest BCUT2D eigenvalue weighted by molar-refractivity contribution is -0.142. The van der Waals surface area contributed by atoms with Crippen molar-refractivity contribution in [2.24, 2.45) is 0 Å². The number of rotatable bonds is 7. The summed E-state index contributed by atoms with van der Waals surface area (Å²) in [6.45, 7) is 2.79. The molecule has 2 heterocycles. The van der Waals surface area contributed by atoms with E-state index in [0.717, 1.165) is 18.4 Å². The number of benzene rings is 1. The van der Waals surface area contributed by atoms with E-state index in [9.17, 15) is 9.59 Å². The van der Waals surface area contributed by atoms with Gasteiger partial charge in [-0.15, -0.1) is 0 Å². The second-order valence-corrected chi connectivity index (χ2v) is 8.66. The maximum absolute atomic E-state index is 13.0. The van der Waals surface area contributed by atoms with Crippen LogP contribution in [0, 0.1) is 0 Å². The van der Waals surface area contributed by atoms with Gasteiger partial charge in [-0.05, 0) is 49.9 Å². The van der Waals surface area contributed by atoms with Crippen molar-refractivity contribution in [2.75, 3.05) is 19.6 Å². The van der Waals surface area contributed by atoms with E-state index in [4.69, 9.17) is 39.3 Å². The fraction of sp³-hybridized carbons (Fsp3) is 0.500. The predicted molar refractivity (Wildman–Crippen MR) is 115 cm³/mol. The number of likely N-dealkylation sites (tertiary alicyclic amines) is 1. The van der Waals surface area contributed by atoms with Crippen LogP contribution in [-0.2, 0) is 9.59 Å².